The lowest BCUT2D eigenvalue weighted by atomic mass is 10.0. The lowest BCUT2D eigenvalue weighted by molar-refractivity contribution is 0.273. The first-order valence-electron chi connectivity index (χ1n) is 13.2. The van der Waals surface area contributed by atoms with Crippen molar-refractivity contribution in [1.29, 1.82) is 0 Å². The van der Waals surface area contributed by atoms with Gasteiger partial charge in [-0.25, -0.2) is 22.3 Å². The summed E-state index contributed by atoms with van der Waals surface area (Å²) in [6.45, 7) is 17.5. The van der Waals surface area contributed by atoms with Crippen LogP contribution in [0, 0.1) is 0 Å². The van der Waals surface area contributed by atoms with Crippen molar-refractivity contribution < 1.29 is 17.1 Å². The number of nitrogens with one attached hydrogen (secondary N) is 1. The van der Waals surface area contributed by atoms with Crippen LogP contribution in [0.25, 0.3) is 11.1 Å². The number of pyridine rings is 2. The van der Waals surface area contributed by atoms with E-state index in [1.54, 1.807) is 24.5 Å². The van der Waals surface area contributed by atoms with Gasteiger partial charge in [0, 0.05) is 47.4 Å². The van der Waals surface area contributed by atoms with Crippen molar-refractivity contribution in [2.75, 3.05) is 6.26 Å². The summed E-state index contributed by atoms with van der Waals surface area (Å²) in [5, 5.41) is 1.32. The molecule has 1 unspecified atom stereocenters. The van der Waals surface area contributed by atoms with Crippen molar-refractivity contribution in [2.24, 2.45) is 0 Å². The Labute approximate surface area is 257 Å². The topological polar surface area (TPSA) is 98.2 Å². The summed E-state index contributed by atoms with van der Waals surface area (Å²) in [5.74, 6) is 0. The lowest BCUT2D eigenvalue weighted by Gasteiger charge is -2.36. The van der Waals surface area contributed by atoms with Gasteiger partial charge >= 0.3 is 0 Å². The van der Waals surface area contributed by atoms with E-state index in [-0.39, 0.29) is 16.5 Å². The predicted molar refractivity (Wildman–Crippen MR) is 173 cm³/mol. The highest BCUT2D eigenvalue weighted by Crippen LogP contribution is 2.41. The molecule has 0 spiro atoms. The van der Waals surface area contributed by atoms with Crippen LogP contribution >= 0.6 is 23.4 Å². The summed E-state index contributed by atoms with van der Waals surface area (Å²) in [4.78, 5) is 9.69. The average Bonchev–Trinajstić information content (AvgIpc) is 2.86. The van der Waals surface area contributed by atoms with Gasteiger partial charge in [0.15, 0.2) is 18.2 Å². The molecule has 12 heteroatoms. The first kappa shape index (κ1) is 33.9. The number of hydrogen-bond acceptors (Lipinski definition) is 7. The van der Waals surface area contributed by atoms with Crippen LogP contribution in [-0.2, 0) is 38.4 Å². The van der Waals surface area contributed by atoms with Gasteiger partial charge in [0.25, 0.3) is 0 Å². The first-order chi connectivity index (χ1) is 18.8. The molecule has 0 aliphatic heterocycles. The summed E-state index contributed by atoms with van der Waals surface area (Å²) < 4.78 is 46.3. The molecule has 2 aromatic heterocycles. The van der Waals surface area contributed by atoms with E-state index in [1.807, 2.05) is 39.0 Å². The van der Waals surface area contributed by atoms with Crippen molar-refractivity contribution in [2.45, 2.75) is 92.4 Å². The molecule has 0 saturated carbocycles. The van der Waals surface area contributed by atoms with Crippen LogP contribution in [-0.4, -0.2) is 41.9 Å². The molecule has 0 radical (unpaired) electrons. The van der Waals surface area contributed by atoms with Crippen LogP contribution < -0.4 is 4.72 Å². The third-order valence-electron chi connectivity index (χ3n) is 6.99. The normalized spacial score (nSPS) is 13.8. The van der Waals surface area contributed by atoms with Crippen LogP contribution in [0.15, 0.2) is 63.7 Å². The third-order valence-corrected chi connectivity index (χ3v) is 15.7. The maximum Gasteiger partial charge on any atom is 0.192 e. The summed E-state index contributed by atoms with van der Waals surface area (Å²) in [7, 11) is -6.74. The summed E-state index contributed by atoms with van der Waals surface area (Å²) >= 11 is 8.35. The second kappa shape index (κ2) is 12.9. The van der Waals surface area contributed by atoms with E-state index in [4.69, 9.17) is 16.0 Å². The number of benzene rings is 1. The summed E-state index contributed by atoms with van der Waals surface area (Å²) in [6.07, 6.45) is 5.83. The quantitative estimate of drug-likeness (QED) is 0.227. The molecule has 7 nitrogen and oxygen atoms in total. The number of hydrogen-bond donors (Lipinski definition) is 1. The van der Waals surface area contributed by atoms with Crippen molar-refractivity contribution >= 4 is 52.5 Å². The highest BCUT2D eigenvalue weighted by atomic mass is 35.5. The Kier molecular flexibility index (Phi) is 10.7. The van der Waals surface area contributed by atoms with Gasteiger partial charge in [-0.15, -0.1) is 0 Å². The molecule has 1 aromatic carbocycles. The van der Waals surface area contributed by atoms with E-state index in [1.165, 1.54) is 18.0 Å². The molecular weight excluding hydrogens is 614 g/mol. The van der Waals surface area contributed by atoms with E-state index < -0.39 is 33.9 Å². The molecule has 1 N–H and O–H groups in total. The van der Waals surface area contributed by atoms with Gasteiger partial charge < -0.3 is 4.43 Å². The molecule has 0 bridgehead atoms. The largest absolute Gasteiger partial charge is 0.412 e. The molecule has 1 atom stereocenters. The number of sulfone groups is 1. The van der Waals surface area contributed by atoms with E-state index >= 15 is 0 Å². The molecule has 0 fully saturated rings. The van der Waals surface area contributed by atoms with E-state index in [9.17, 15) is 12.6 Å². The smallest absolute Gasteiger partial charge is 0.192 e. The van der Waals surface area contributed by atoms with Gasteiger partial charge in [-0.3, -0.25) is 4.98 Å². The van der Waals surface area contributed by atoms with E-state index in [0.717, 1.165) is 27.3 Å². The first-order valence-corrected chi connectivity index (χ1v) is 20.3. The van der Waals surface area contributed by atoms with Crippen LogP contribution in [0.5, 0.6) is 0 Å². The second-order valence-electron chi connectivity index (χ2n) is 12.4. The van der Waals surface area contributed by atoms with Crippen LogP contribution in [0.4, 0.5) is 0 Å². The standard InChI is InChI=1S/C29H40ClN3O4S3Si/c1-28(2,3)39(34)33-17-23-13-21(22-14-24(18-31-16-22)40(7,35)36)15-25(30)26(23)38-27-20(11-10-12-32-27)19-37-41(8,9)29(4,5)6/h10-16,18,33H,17,19H2,1-9H3. The van der Waals surface area contributed by atoms with E-state index in [2.05, 4.69) is 48.6 Å². The number of nitrogens with zero attached hydrogens (tertiary/aromatic N) is 2. The lowest BCUT2D eigenvalue weighted by Crippen LogP contribution is -2.40. The van der Waals surface area contributed by atoms with Gasteiger partial charge in [-0.2, -0.15) is 0 Å². The zero-order valence-electron chi connectivity index (χ0n) is 25.2. The fourth-order valence-electron chi connectivity index (χ4n) is 3.40. The minimum atomic E-state index is -3.44. The zero-order chi connectivity index (χ0) is 30.8. The fraction of sp³-hybridized carbons (Fsp3) is 0.448. The molecule has 0 aliphatic rings. The molecule has 3 aromatic rings. The van der Waals surface area contributed by atoms with Gasteiger partial charge in [-0.05, 0) is 74.3 Å². The highest BCUT2D eigenvalue weighted by molar-refractivity contribution is 7.99. The van der Waals surface area contributed by atoms with Gasteiger partial charge in [0.1, 0.15) is 5.03 Å². The maximum absolute atomic E-state index is 12.9. The Bertz CT molecular complexity index is 1530. The zero-order valence-corrected chi connectivity index (χ0v) is 29.4. The van der Waals surface area contributed by atoms with E-state index in [0.29, 0.717) is 22.8 Å². The van der Waals surface area contributed by atoms with Crippen molar-refractivity contribution in [1.82, 2.24) is 14.7 Å². The van der Waals surface area contributed by atoms with Crippen LogP contribution in [0.1, 0.15) is 52.7 Å². The molecule has 224 valence electrons. The summed E-state index contributed by atoms with van der Waals surface area (Å²) in [5.41, 5.74) is 3.09. The fourth-order valence-corrected chi connectivity index (χ4v) is 7.00. The minimum absolute atomic E-state index is 0.0759. The SMILES string of the molecule is CC(C)(C)S(=O)NCc1cc(-c2cncc(S(C)(=O)=O)c2)cc(Cl)c1Sc1ncccc1CO[Si](C)(C)C(C)(C)C. The number of halogens is 1. The minimum Gasteiger partial charge on any atom is -0.412 e. The maximum atomic E-state index is 12.9. The monoisotopic (exact) mass is 653 g/mol. The van der Waals surface area contributed by atoms with Crippen molar-refractivity contribution in [3.63, 3.8) is 0 Å². The van der Waals surface area contributed by atoms with Crippen molar-refractivity contribution in [3.05, 3.63) is 65.1 Å². The van der Waals surface area contributed by atoms with Crippen LogP contribution in [0.3, 0.4) is 0 Å². The van der Waals surface area contributed by atoms with Gasteiger partial charge in [0.2, 0.25) is 0 Å². The number of rotatable bonds is 10. The summed E-state index contributed by atoms with van der Waals surface area (Å²) in [6, 6.07) is 9.22. The molecule has 41 heavy (non-hydrogen) atoms. The molecule has 0 amide bonds. The number of aromatic nitrogens is 2. The Morgan fingerprint density at radius 3 is 2.34 bits per heavy atom. The molecule has 0 aliphatic carbocycles. The third kappa shape index (κ3) is 8.95. The molecule has 3 rings (SSSR count). The average molecular weight is 654 g/mol. The highest BCUT2D eigenvalue weighted by Gasteiger charge is 2.37. The molecule has 2 heterocycles. The Hall–Kier alpha value is -1.60. The Balaban J connectivity index is 2.05. The Morgan fingerprint density at radius 1 is 1.05 bits per heavy atom. The molecular formula is C29H40ClN3O4S3Si. The van der Waals surface area contributed by atoms with Crippen molar-refractivity contribution in [3.8, 4) is 11.1 Å². The predicted octanol–water partition coefficient (Wildman–Crippen LogP) is 7.43. The van der Waals surface area contributed by atoms with Gasteiger partial charge in [0.05, 0.1) is 32.3 Å². The molecule has 0 saturated heterocycles. The van der Waals surface area contributed by atoms with Gasteiger partial charge in [-0.1, -0.05) is 50.2 Å². The van der Waals surface area contributed by atoms with Crippen LogP contribution in [0.2, 0.25) is 23.2 Å². The second-order valence-corrected chi connectivity index (χ2v) is 22.7. The Morgan fingerprint density at radius 2 is 1.73 bits per heavy atom.